The minimum atomic E-state index is -3.63. The smallest absolute Gasteiger partial charge is 0.243 e. The molecule has 2 aromatic rings. The summed E-state index contributed by atoms with van der Waals surface area (Å²) in [6.07, 6.45) is 2.22. The van der Waals surface area contributed by atoms with E-state index in [0.29, 0.717) is 24.3 Å². The molecule has 2 aliphatic heterocycles. The summed E-state index contributed by atoms with van der Waals surface area (Å²) in [4.78, 5) is 15.7. The molecule has 2 heterocycles. The second-order valence-electron chi connectivity index (χ2n) is 8.51. The average Bonchev–Trinajstić information content (AvgIpc) is 3.04. The van der Waals surface area contributed by atoms with Crippen LogP contribution >= 0.6 is 15.9 Å². The molecule has 5 nitrogen and oxygen atoms in total. The highest BCUT2D eigenvalue weighted by molar-refractivity contribution is 9.10. The maximum atomic E-state index is 13.5. The first-order valence-corrected chi connectivity index (χ1v) is 12.6. The van der Waals surface area contributed by atoms with Gasteiger partial charge in [-0.1, -0.05) is 28.1 Å². The molecule has 0 aromatic heterocycles. The van der Waals surface area contributed by atoms with E-state index in [1.807, 2.05) is 43.0 Å². The van der Waals surface area contributed by atoms with Crippen molar-refractivity contribution < 1.29 is 13.2 Å². The van der Waals surface area contributed by atoms with Gasteiger partial charge in [-0.05, 0) is 81.0 Å². The molecule has 0 aliphatic carbocycles. The van der Waals surface area contributed by atoms with Crippen LogP contribution in [0.4, 0.5) is 5.69 Å². The van der Waals surface area contributed by atoms with Crippen LogP contribution in [0.1, 0.15) is 36.5 Å². The van der Waals surface area contributed by atoms with Gasteiger partial charge in [0.2, 0.25) is 15.9 Å². The number of hydrogen-bond acceptors (Lipinski definition) is 3. The highest BCUT2D eigenvalue weighted by Gasteiger charge is 2.39. The van der Waals surface area contributed by atoms with Crippen molar-refractivity contribution in [1.82, 2.24) is 4.31 Å². The van der Waals surface area contributed by atoms with E-state index in [4.69, 9.17) is 0 Å². The minimum Gasteiger partial charge on any atom is -0.309 e. The van der Waals surface area contributed by atoms with Crippen molar-refractivity contribution in [2.75, 3.05) is 18.0 Å². The van der Waals surface area contributed by atoms with Crippen molar-refractivity contribution >= 4 is 37.5 Å². The van der Waals surface area contributed by atoms with Gasteiger partial charge in [-0.15, -0.1) is 0 Å². The second-order valence-corrected chi connectivity index (χ2v) is 11.3. The number of hydrogen-bond donors (Lipinski definition) is 0. The highest BCUT2D eigenvalue weighted by atomic mass is 79.9. The lowest BCUT2D eigenvalue weighted by Crippen LogP contribution is -2.48. The Morgan fingerprint density at radius 1 is 1.13 bits per heavy atom. The Hall–Kier alpha value is -1.70. The third-order valence-corrected chi connectivity index (χ3v) is 8.69. The van der Waals surface area contributed by atoms with Crippen LogP contribution in [0, 0.1) is 19.8 Å². The number of carbonyl (C=O) groups is 1. The monoisotopic (exact) mass is 490 g/mol. The second kappa shape index (κ2) is 8.09. The van der Waals surface area contributed by atoms with Gasteiger partial charge >= 0.3 is 0 Å². The molecule has 2 aromatic carbocycles. The first kappa shape index (κ1) is 21.5. The Bertz CT molecular complexity index is 1100. The third-order valence-electron chi connectivity index (χ3n) is 6.19. The van der Waals surface area contributed by atoms with E-state index in [0.717, 1.165) is 33.3 Å². The summed E-state index contributed by atoms with van der Waals surface area (Å²) in [5, 5.41) is 0. The molecule has 4 rings (SSSR count). The van der Waals surface area contributed by atoms with Crippen molar-refractivity contribution in [3.63, 3.8) is 0 Å². The van der Waals surface area contributed by atoms with Crippen LogP contribution in [0.5, 0.6) is 0 Å². The molecule has 0 radical (unpaired) electrons. The van der Waals surface area contributed by atoms with E-state index >= 15 is 0 Å². The fraction of sp³-hybridized carbons (Fsp3) is 0.435. The Morgan fingerprint density at radius 2 is 1.90 bits per heavy atom. The quantitative estimate of drug-likeness (QED) is 0.638. The number of rotatable bonds is 3. The van der Waals surface area contributed by atoms with E-state index in [1.165, 1.54) is 4.31 Å². The number of fused-ring (bicyclic) bond motifs is 1. The van der Waals surface area contributed by atoms with Gasteiger partial charge in [0.25, 0.3) is 0 Å². The molecule has 2 atom stereocenters. The fourth-order valence-electron chi connectivity index (χ4n) is 4.62. The van der Waals surface area contributed by atoms with Crippen molar-refractivity contribution in [3.8, 4) is 0 Å². The normalized spacial score (nSPS) is 22.2. The van der Waals surface area contributed by atoms with Gasteiger partial charge in [0.1, 0.15) is 0 Å². The molecule has 0 unspecified atom stereocenters. The summed E-state index contributed by atoms with van der Waals surface area (Å²) in [5.74, 6) is -0.292. The van der Waals surface area contributed by atoms with E-state index in [1.54, 1.807) is 6.07 Å². The molecular weight excluding hydrogens is 464 g/mol. The minimum absolute atomic E-state index is 0.0319. The Balaban J connectivity index is 1.59. The molecule has 7 heteroatoms. The summed E-state index contributed by atoms with van der Waals surface area (Å²) in [7, 11) is -3.63. The van der Waals surface area contributed by atoms with Crippen molar-refractivity contribution in [2.24, 2.45) is 5.92 Å². The summed E-state index contributed by atoms with van der Waals surface area (Å²) in [6, 6.07) is 11.6. The molecule has 1 amide bonds. The summed E-state index contributed by atoms with van der Waals surface area (Å²) in [6.45, 7) is 6.47. The fourth-order valence-corrected chi connectivity index (χ4v) is 6.86. The predicted molar refractivity (Wildman–Crippen MR) is 122 cm³/mol. The first-order chi connectivity index (χ1) is 14.2. The lowest BCUT2D eigenvalue weighted by molar-refractivity contribution is -0.123. The third kappa shape index (κ3) is 3.83. The average molecular weight is 491 g/mol. The van der Waals surface area contributed by atoms with E-state index in [2.05, 4.69) is 28.9 Å². The zero-order valence-corrected chi connectivity index (χ0v) is 20.0. The number of sulfonamides is 1. The van der Waals surface area contributed by atoms with Gasteiger partial charge in [-0.25, -0.2) is 8.42 Å². The lowest BCUT2D eigenvalue weighted by Gasteiger charge is -2.35. The molecule has 0 spiro atoms. The molecule has 2 aliphatic rings. The molecule has 30 heavy (non-hydrogen) atoms. The first-order valence-electron chi connectivity index (χ1n) is 10.4. The zero-order chi connectivity index (χ0) is 21.6. The van der Waals surface area contributed by atoms with Crippen LogP contribution in [-0.4, -0.2) is 37.8 Å². The number of piperidine rings is 1. The van der Waals surface area contributed by atoms with Crippen molar-refractivity contribution in [2.45, 2.75) is 51.0 Å². The standard InChI is InChI=1S/C23H27BrN2O3S/c1-15-6-7-16(2)22(11-15)30(28,29)25-10-4-5-18(14-25)23(27)26-17(3)12-19-13-20(24)8-9-21(19)26/h6-9,11,13,17-18H,4-5,10,12,14H2,1-3H3/t17-,18-/m0/s1. The van der Waals surface area contributed by atoms with Crippen LogP contribution in [0.15, 0.2) is 45.8 Å². The maximum Gasteiger partial charge on any atom is 0.243 e. The Morgan fingerprint density at radius 3 is 2.67 bits per heavy atom. The van der Waals surface area contributed by atoms with Crippen molar-refractivity contribution in [3.05, 3.63) is 57.6 Å². The van der Waals surface area contributed by atoms with Crippen LogP contribution in [0.3, 0.4) is 0 Å². The number of nitrogens with zero attached hydrogens (tertiary/aromatic N) is 2. The topological polar surface area (TPSA) is 57.7 Å². The number of benzene rings is 2. The number of carbonyl (C=O) groups excluding carboxylic acids is 1. The molecule has 0 N–H and O–H groups in total. The molecule has 160 valence electrons. The number of anilines is 1. The molecule has 1 saturated heterocycles. The van der Waals surface area contributed by atoms with Crippen molar-refractivity contribution in [1.29, 1.82) is 0 Å². The van der Waals surface area contributed by atoms with Gasteiger partial charge in [-0.3, -0.25) is 4.79 Å². The van der Waals surface area contributed by atoms with Crippen LogP contribution in [-0.2, 0) is 21.2 Å². The highest BCUT2D eigenvalue weighted by Crippen LogP contribution is 2.36. The van der Waals surface area contributed by atoms with Crippen LogP contribution < -0.4 is 4.90 Å². The maximum absolute atomic E-state index is 13.5. The Kier molecular flexibility index (Phi) is 5.81. The molecular formula is C23H27BrN2O3S. The van der Waals surface area contributed by atoms with Gasteiger partial charge in [0.05, 0.1) is 10.8 Å². The van der Waals surface area contributed by atoms with Gasteiger partial charge < -0.3 is 4.90 Å². The summed E-state index contributed by atoms with van der Waals surface area (Å²) in [5.41, 5.74) is 3.75. The van der Waals surface area contributed by atoms with E-state index < -0.39 is 10.0 Å². The SMILES string of the molecule is Cc1ccc(C)c(S(=O)(=O)N2CCC[C@H](C(=O)N3c4ccc(Br)cc4C[C@@H]3C)C2)c1. The molecule has 0 saturated carbocycles. The van der Waals surface area contributed by atoms with E-state index in [-0.39, 0.29) is 24.4 Å². The molecule has 1 fully saturated rings. The van der Waals surface area contributed by atoms with Gasteiger partial charge in [0.15, 0.2) is 0 Å². The van der Waals surface area contributed by atoms with Crippen LogP contribution in [0.25, 0.3) is 0 Å². The van der Waals surface area contributed by atoms with Crippen LogP contribution in [0.2, 0.25) is 0 Å². The molecule has 0 bridgehead atoms. The van der Waals surface area contributed by atoms with E-state index in [9.17, 15) is 13.2 Å². The predicted octanol–water partition coefficient (Wildman–Crippen LogP) is 4.44. The number of halogens is 1. The largest absolute Gasteiger partial charge is 0.309 e. The summed E-state index contributed by atoms with van der Waals surface area (Å²) < 4.78 is 29.2. The van der Waals surface area contributed by atoms with Gasteiger partial charge in [0, 0.05) is 29.3 Å². The van der Waals surface area contributed by atoms with Gasteiger partial charge in [-0.2, -0.15) is 4.31 Å². The zero-order valence-electron chi connectivity index (χ0n) is 17.6. The summed E-state index contributed by atoms with van der Waals surface area (Å²) >= 11 is 3.50. The lowest BCUT2D eigenvalue weighted by atomic mass is 9.97. The Labute approximate surface area is 187 Å². The number of aryl methyl sites for hydroxylation is 2. The number of amides is 1.